The highest BCUT2D eigenvalue weighted by atomic mass is 31.1. The number of esters is 1. The average molecular weight is 257 g/mol. The van der Waals surface area contributed by atoms with E-state index in [4.69, 9.17) is 9.26 Å². The monoisotopic (exact) mass is 257 g/mol. The topological polar surface area (TPSA) is 64.6 Å². The molecular formula is C11H16NO4P. The highest BCUT2D eigenvalue weighted by molar-refractivity contribution is 7.39. The minimum atomic E-state index is -2.22. The molecule has 0 aliphatic rings. The maximum absolute atomic E-state index is 11.5. The second-order valence-corrected chi connectivity index (χ2v) is 4.50. The first-order valence-corrected chi connectivity index (χ1v) is 6.86. The van der Waals surface area contributed by atoms with E-state index in [0.29, 0.717) is 12.4 Å². The molecule has 0 fully saturated rings. The number of carbonyl (C=O) groups is 1. The molecule has 0 saturated heterocycles. The Bertz CT molecular complexity index is 369. The van der Waals surface area contributed by atoms with Crippen molar-refractivity contribution >= 4 is 14.0 Å². The summed E-state index contributed by atoms with van der Waals surface area (Å²) in [5.41, 5.74) is 0. The van der Waals surface area contributed by atoms with E-state index in [1.807, 2.05) is 6.07 Å². The number of hydrogen-bond donors (Lipinski definition) is 1. The minimum Gasteiger partial charge on any atom is -0.465 e. The van der Waals surface area contributed by atoms with Crippen molar-refractivity contribution in [3.05, 3.63) is 30.3 Å². The summed E-state index contributed by atoms with van der Waals surface area (Å²) < 4.78 is 21.4. The summed E-state index contributed by atoms with van der Waals surface area (Å²) in [4.78, 5) is 11.0. The van der Waals surface area contributed by atoms with Crippen LogP contribution in [0.4, 0.5) is 0 Å². The molecule has 0 amide bonds. The fourth-order valence-corrected chi connectivity index (χ4v) is 1.93. The largest absolute Gasteiger partial charge is 0.465 e. The second kappa shape index (κ2) is 7.87. The molecule has 1 atom stereocenters. The third-order valence-corrected chi connectivity index (χ3v) is 2.82. The van der Waals surface area contributed by atoms with E-state index in [2.05, 4.69) is 5.32 Å². The van der Waals surface area contributed by atoms with Gasteiger partial charge in [-0.15, -0.1) is 0 Å². The van der Waals surface area contributed by atoms with Gasteiger partial charge in [0, 0.05) is 0 Å². The standard InChI is InChI=1S/C11H16NO4P/c1-2-15-11(13)8-12-9-17(14)16-10-6-4-3-5-7-10/h3-7,12,17H,2,8-9H2,1H3. The van der Waals surface area contributed by atoms with Crippen LogP contribution in [0.5, 0.6) is 5.75 Å². The van der Waals surface area contributed by atoms with Crippen LogP contribution in [0.25, 0.3) is 0 Å². The molecule has 0 heterocycles. The Balaban J connectivity index is 2.20. The van der Waals surface area contributed by atoms with Gasteiger partial charge >= 0.3 is 5.97 Å². The lowest BCUT2D eigenvalue weighted by molar-refractivity contribution is -0.141. The first-order valence-electron chi connectivity index (χ1n) is 5.34. The van der Waals surface area contributed by atoms with Gasteiger partial charge in [0.1, 0.15) is 5.75 Å². The van der Waals surface area contributed by atoms with Crippen molar-refractivity contribution in [2.45, 2.75) is 6.92 Å². The lowest BCUT2D eigenvalue weighted by Crippen LogP contribution is -2.24. The molecule has 6 heteroatoms. The van der Waals surface area contributed by atoms with Crippen LogP contribution in [0.15, 0.2) is 30.3 Å². The zero-order chi connectivity index (χ0) is 12.5. The van der Waals surface area contributed by atoms with Crippen molar-refractivity contribution in [3.63, 3.8) is 0 Å². The molecule has 5 nitrogen and oxygen atoms in total. The summed E-state index contributed by atoms with van der Waals surface area (Å²) in [6.07, 6.45) is 0.151. The fourth-order valence-electron chi connectivity index (χ4n) is 1.13. The lowest BCUT2D eigenvalue weighted by Gasteiger charge is -2.07. The molecule has 1 unspecified atom stereocenters. The van der Waals surface area contributed by atoms with E-state index in [1.54, 1.807) is 31.2 Å². The SMILES string of the molecule is CCOC(=O)CNC[PH](=O)Oc1ccccc1. The van der Waals surface area contributed by atoms with Gasteiger partial charge in [0.2, 0.25) is 8.03 Å². The number of benzene rings is 1. The van der Waals surface area contributed by atoms with Crippen molar-refractivity contribution in [3.8, 4) is 5.75 Å². The second-order valence-electron chi connectivity index (χ2n) is 3.20. The molecule has 0 aliphatic carbocycles. The number of hydrogen-bond acceptors (Lipinski definition) is 5. The highest BCUT2D eigenvalue weighted by Crippen LogP contribution is 2.24. The summed E-state index contributed by atoms with van der Waals surface area (Å²) in [5.74, 6) is 0.205. The maximum atomic E-state index is 11.5. The fraction of sp³-hybridized carbons (Fsp3) is 0.364. The normalized spacial score (nSPS) is 11.8. The average Bonchev–Trinajstić information content (AvgIpc) is 2.30. The van der Waals surface area contributed by atoms with Crippen molar-refractivity contribution < 1.29 is 18.6 Å². The van der Waals surface area contributed by atoms with Crippen molar-refractivity contribution in [1.82, 2.24) is 5.32 Å². The summed E-state index contributed by atoms with van der Waals surface area (Å²) in [5, 5.41) is 2.72. The molecule has 17 heavy (non-hydrogen) atoms. The Hall–Kier alpha value is -1.32. The van der Waals surface area contributed by atoms with Crippen LogP contribution >= 0.6 is 8.03 Å². The number of ether oxygens (including phenoxy) is 1. The number of carbonyl (C=O) groups excluding carboxylic acids is 1. The Labute approximate surface area is 101 Å². The number of nitrogens with one attached hydrogen (secondary N) is 1. The predicted octanol–water partition coefficient (Wildman–Crippen LogP) is 1.65. The molecule has 0 saturated carbocycles. The predicted molar refractivity (Wildman–Crippen MR) is 65.6 cm³/mol. The molecule has 0 spiro atoms. The summed E-state index contributed by atoms with van der Waals surface area (Å²) >= 11 is 0. The summed E-state index contributed by atoms with van der Waals surface area (Å²) in [7, 11) is -2.22. The van der Waals surface area contributed by atoms with Gasteiger partial charge in [-0.05, 0) is 19.1 Å². The van der Waals surface area contributed by atoms with Crippen LogP contribution in [0.1, 0.15) is 6.92 Å². The Morgan fingerprint density at radius 1 is 1.35 bits per heavy atom. The zero-order valence-corrected chi connectivity index (χ0v) is 10.6. The van der Waals surface area contributed by atoms with Crippen molar-refractivity contribution in [2.24, 2.45) is 0 Å². The molecule has 1 N–H and O–H groups in total. The Morgan fingerprint density at radius 2 is 2.06 bits per heavy atom. The summed E-state index contributed by atoms with van der Waals surface area (Å²) in [6.45, 7) is 2.12. The molecule has 0 radical (unpaired) electrons. The number of para-hydroxylation sites is 1. The van der Waals surface area contributed by atoms with Gasteiger partial charge < -0.3 is 9.26 Å². The Morgan fingerprint density at radius 3 is 2.71 bits per heavy atom. The number of rotatable bonds is 7. The van der Waals surface area contributed by atoms with Crippen LogP contribution < -0.4 is 9.84 Å². The first-order chi connectivity index (χ1) is 8.22. The molecular weight excluding hydrogens is 241 g/mol. The minimum absolute atomic E-state index is 0.0440. The van der Waals surface area contributed by atoms with Crippen molar-refractivity contribution in [1.29, 1.82) is 0 Å². The molecule has 1 rings (SSSR count). The quantitative estimate of drug-likeness (QED) is 0.594. The van der Waals surface area contributed by atoms with Crippen LogP contribution in [0.3, 0.4) is 0 Å². The van der Waals surface area contributed by atoms with E-state index in [-0.39, 0.29) is 18.8 Å². The van der Waals surface area contributed by atoms with E-state index in [1.165, 1.54) is 0 Å². The maximum Gasteiger partial charge on any atom is 0.319 e. The molecule has 1 aromatic carbocycles. The third kappa shape index (κ3) is 6.09. The first kappa shape index (κ1) is 13.7. The van der Waals surface area contributed by atoms with E-state index in [0.717, 1.165) is 0 Å². The molecule has 0 bridgehead atoms. The zero-order valence-electron chi connectivity index (χ0n) is 9.64. The van der Waals surface area contributed by atoms with E-state index < -0.39 is 8.03 Å². The summed E-state index contributed by atoms with van der Waals surface area (Å²) in [6, 6.07) is 8.91. The molecule has 94 valence electrons. The van der Waals surface area contributed by atoms with Gasteiger partial charge in [0.15, 0.2) is 0 Å². The molecule has 0 aliphatic heterocycles. The van der Waals surface area contributed by atoms with Gasteiger partial charge in [0.25, 0.3) is 0 Å². The van der Waals surface area contributed by atoms with Gasteiger partial charge in [-0.25, -0.2) is 0 Å². The highest BCUT2D eigenvalue weighted by Gasteiger charge is 2.04. The smallest absolute Gasteiger partial charge is 0.319 e. The molecule has 1 aromatic rings. The van der Waals surface area contributed by atoms with Crippen LogP contribution in [0.2, 0.25) is 0 Å². The lowest BCUT2D eigenvalue weighted by atomic mass is 10.3. The Kier molecular flexibility index (Phi) is 6.37. The van der Waals surface area contributed by atoms with E-state index >= 15 is 0 Å². The van der Waals surface area contributed by atoms with Crippen LogP contribution in [-0.4, -0.2) is 25.4 Å². The molecule has 0 aromatic heterocycles. The third-order valence-electron chi connectivity index (χ3n) is 1.82. The van der Waals surface area contributed by atoms with Crippen LogP contribution in [-0.2, 0) is 14.1 Å². The van der Waals surface area contributed by atoms with Crippen LogP contribution in [0, 0.1) is 0 Å². The van der Waals surface area contributed by atoms with Gasteiger partial charge in [0.05, 0.1) is 19.4 Å². The van der Waals surface area contributed by atoms with Gasteiger partial charge in [-0.1, -0.05) is 18.2 Å². The van der Waals surface area contributed by atoms with Gasteiger partial charge in [-0.3, -0.25) is 14.7 Å². The van der Waals surface area contributed by atoms with Gasteiger partial charge in [-0.2, -0.15) is 0 Å². The van der Waals surface area contributed by atoms with E-state index in [9.17, 15) is 9.36 Å². The van der Waals surface area contributed by atoms with Crippen molar-refractivity contribution in [2.75, 3.05) is 19.4 Å².